The lowest BCUT2D eigenvalue weighted by Crippen LogP contribution is -2.14. The van der Waals surface area contributed by atoms with Crippen molar-refractivity contribution in [1.29, 1.82) is 0 Å². The second kappa shape index (κ2) is 6.07. The number of para-hydroxylation sites is 1. The van der Waals surface area contributed by atoms with Crippen LogP contribution in [-0.2, 0) is 0 Å². The summed E-state index contributed by atoms with van der Waals surface area (Å²) in [7, 11) is 0. The molecule has 0 aromatic heterocycles. The molecule has 0 aliphatic carbocycles. The molecule has 21 heavy (non-hydrogen) atoms. The molecule has 0 unspecified atom stereocenters. The van der Waals surface area contributed by atoms with Crippen LogP contribution < -0.4 is 5.32 Å². The molecule has 0 saturated heterocycles. The van der Waals surface area contributed by atoms with E-state index in [2.05, 4.69) is 5.32 Å². The molecule has 0 radical (unpaired) electrons. The Morgan fingerprint density at radius 1 is 1.19 bits per heavy atom. The average Bonchev–Trinajstić information content (AvgIpc) is 2.42. The Labute approximate surface area is 128 Å². The van der Waals surface area contributed by atoms with Crippen molar-refractivity contribution in [3.8, 4) is 0 Å². The lowest BCUT2D eigenvalue weighted by Gasteiger charge is -2.07. The normalized spacial score (nSPS) is 10.2. The van der Waals surface area contributed by atoms with Crippen LogP contribution in [0.3, 0.4) is 0 Å². The summed E-state index contributed by atoms with van der Waals surface area (Å²) < 4.78 is 13.3. The smallest absolute Gasteiger partial charge is 0.300 e. The van der Waals surface area contributed by atoms with E-state index in [1.807, 2.05) is 0 Å². The Kier molecular flexibility index (Phi) is 4.40. The molecule has 0 saturated carbocycles. The summed E-state index contributed by atoms with van der Waals surface area (Å²) in [4.78, 5) is 22.3. The number of nitro groups is 1. The number of hydrogen-bond donors (Lipinski definition) is 1. The van der Waals surface area contributed by atoms with Gasteiger partial charge in [0.25, 0.3) is 5.91 Å². The number of anilines is 1. The second-order valence-electron chi connectivity index (χ2n) is 3.98. The lowest BCUT2D eigenvalue weighted by molar-refractivity contribution is -0.385. The molecule has 0 aliphatic heterocycles. The van der Waals surface area contributed by atoms with Gasteiger partial charge in [0.2, 0.25) is 0 Å². The number of amides is 1. The summed E-state index contributed by atoms with van der Waals surface area (Å²) in [6.07, 6.45) is 0. The Hall–Kier alpha value is -2.18. The standard InChI is InChI=1S/C13H7Cl2FN2O3/c14-9-5-4-7(6-11(9)16)17-13(19)8-2-1-3-10(15)12(8)18(20)21/h1-6H,(H,17,19). The molecule has 0 heterocycles. The summed E-state index contributed by atoms with van der Waals surface area (Å²) in [6.45, 7) is 0. The van der Waals surface area contributed by atoms with E-state index in [0.29, 0.717) is 0 Å². The van der Waals surface area contributed by atoms with E-state index in [1.165, 1.54) is 30.3 Å². The van der Waals surface area contributed by atoms with Crippen LogP contribution in [0.1, 0.15) is 10.4 Å². The molecule has 2 aromatic carbocycles. The van der Waals surface area contributed by atoms with Crippen LogP contribution in [0.5, 0.6) is 0 Å². The van der Waals surface area contributed by atoms with Crippen molar-refractivity contribution >= 4 is 40.5 Å². The lowest BCUT2D eigenvalue weighted by atomic mass is 10.1. The summed E-state index contributed by atoms with van der Waals surface area (Å²) in [5.41, 5.74) is -0.606. The Bertz CT molecular complexity index is 737. The van der Waals surface area contributed by atoms with Gasteiger partial charge in [-0.15, -0.1) is 0 Å². The third kappa shape index (κ3) is 3.29. The van der Waals surface area contributed by atoms with E-state index in [9.17, 15) is 19.3 Å². The van der Waals surface area contributed by atoms with Gasteiger partial charge >= 0.3 is 5.69 Å². The zero-order valence-electron chi connectivity index (χ0n) is 10.3. The van der Waals surface area contributed by atoms with Crippen molar-refractivity contribution in [1.82, 2.24) is 0 Å². The van der Waals surface area contributed by atoms with Crippen LogP contribution in [-0.4, -0.2) is 10.8 Å². The fourth-order valence-corrected chi connectivity index (χ4v) is 2.02. The first-order valence-electron chi connectivity index (χ1n) is 5.59. The van der Waals surface area contributed by atoms with Crippen molar-refractivity contribution in [2.45, 2.75) is 0 Å². The van der Waals surface area contributed by atoms with E-state index in [4.69, 9.17) is 23.2 Å². The van der Waals surface area contributed by atoms with Crippen LogP contribution in [0, 0.1) is 15.9 Å². The molecule has 5 nitrogen and oxygen atoms in total. The largest absolute Gasteiger partial charge is 0.322 e. The zero-order valence-corrected chi connectivity index (χ0v) is 11.8. The predicted molar refractivity (Wildman–Crippen MR) is 77.5 cm³/mol. The van der Waals surface area contributed by atoms with Gasteiger partial charge in [-0.3, -0.25) is 14.9 Å². The number of benzene rings is 2. The molecule has 0 fully saturated rings. The molecule has 1 amide bonds. The van der Waals surface area contributed by atoms with E-state index in [0.717, 1.165) is 6.07 Å². The number of nitrogens with one attached hydrogen (secondary N) is 1. The molecular formula is C13H7Cl2FN2O3. The Morgan fingerprint density at radius 2 is 1.90 bits per heavy atom. The van der Waals surface area contributed by atoms with Gasteiger partial charge in [0.15, 0.2) is 0 Å². The van der Waals surface area contributed by atoms with Crippen molar-refractivity contribution < 1.29 is 14.1 Å². The molecule has 0 aliphatic rings. The third-order valence-corrected chi connectivity index (χ3v) is 3.20. The molecule has 108 valence electrons. The van der Waals surface area contributed by atoms with Gasteiger partial charge in [0.1, 0.15) is 16.4 Å². The van der Waals surface area contributed by atoms with E-state index in [-0.39, 0.29) is 21.3 Å². The minimum atomic E-state index is -0.772. The van der Waals surface area contributed by atoms with E-state index >= 15 is 0 Å². The third-order valence-electron chi connectivity index (χ3n) is 2.59. The number of nitrogens with zero attached hydrogens (tertiary/aromatic N) is 1. The quantitative estimate of drug-likeness (QED) is 0.674. The molecule has 0 bridgehead atoms. The number of carbonyl (C=O) groups is 1. The first-order valence-corrected chi connectivity index (χ1v) is 6.35. The van der Waals surface area contributed by atoms with Gasteiger partial charge in [0, 0.05) is 5.69 Å². The van der Waals surface area contributed by atoms with Gasteiger partial charge < -0.3 is 5.32 Å². The molecular weight excluding hydrogens is 322 g/mol. The first kappa shape index (κ1) is 15.2. The average molecular weight is 329 g/mol. The van der Waals surface area contributed by atoms with Gasteiger partial charge in [-0.1, -0.05) is 29.3 Å². The number of carbonyl (C=O) groups excluding carboxylic acids is 1. The van der Waals surface area contributed by atoms with E-state index in [1.54, 1.807) is 0 Å². The van der Waals surface area contributed by atoms with Crippen LogP contribution >= 0.6 is 23.2 Å². The molecule has 0 atom stereocenters. The molecule has 2 aromatic rings. The van der Waals surface area contributed by atoms with Crippen LogP contribution in [0.4, 0.5) is 15.8 Å². The second-order valence-corrected chi connectivity index (χ2v) is 4.79. The maximum Gasteiger partial charge on any atom is 0.300 e. The summed E-state index contributed by atoms with van der Waals surface area (Å²) >= 11 is 11.2. The minimum absolute atomic E-state index is 0.0956. The summed E-state index contributed by atoms with van der Waals surface area (Å²) in [5.74, 6) is -1.49. The first-order chi connectivity index (χ1) is 9.90. The number of halogens is 3. The molecule has 0 spiro atoms. The van der Waals surface area contributed by atoms with Crippen molar-refractivity contribution in [2.75, 3.05) is 5.32 Å². The van der Waals surface area contributed by atoms with Crippen LogP contribution in [0.25, 0.3) is 0 Å². The molecule has 8 heteroatoms. The minimum Gasteiger partial charge on any atom is -0.322 e. The summed E-state index contributed by atoms with van der Waals surface area (Å²) in [5, 5.41) is 13.1. The Morgan fingerprint density at radius 3 is 2.52 bits per heavy atom. The molecule has 2 rings (SSSR count). The highest BCUT2D eigenvalue weighted by molar-refractivity contribution is 6.33. The highest BCUT2D eigenvalue weighted by Crippen LogP contribution is 2.29. The van der Waals surface area contributed by atoms with Crippen LogP contribution in [0.2, 0.25) is 10.0 Å². The maximum atomic E-state index is 13.3. The monoisotopic (exact) mass is 328 g/mol. The van der Waals surface area contributed by atoms with Crippen molar-refractivity contribution in [3.05, 3.63) is 67.9 Å². The molecule has 1 N–H and O–H groups in total. The topological polar surface area (TPSA) is 72.2 Å². The number of nitro benzene ring substituents is 1. The number of rotatable bonds is 3. The SMILES string of the molecule is O=C(Nc1ccc(Cl)c(F)c1)c1cccc(Cl)c1[N+](=O)[O-]. The predicted octanol–water partition coefficient (Wildman–Crippen LogP) is 4.29. The van der Waals surface area contributed by atoms with Crippen LogP contribution in [0.15, 0.2) is 36.4 Å². The maximum absolute atomic E-state index is 13.3. The fourth-order valence-electron chi connectivity index (χ4n) is 1.66. The van der Waals surface area contributed by atoms with Gasteiger partial charge in [-0.2, -0.15) is 0 Å². The highest BCUT2D eigenvalue weighted by Gasteiger charge is 2.23. The van der Waals surface area contributed by atoms with Gasteiger partial charge in [-0.25, -0.2) is 4.39 Å². The zero-order chi connectivity index (χ0) is 15.6. The van der Waals surface area contributed by atoms with Crippen molar-refractivity contribution in [3.63, 3.8) is 0 Å². The highest BCUT2D eigenvalue weighted by atomic mass is 35.5. The summed E-state index contributed by atoms with van der Waals surface area (Å²) in [6, 6.07) is 7.62. The van der Waals surface area contributed by atoms with Gasteiger partial charge in [-0.05, 0) is 30.3 Å². The number of hydrogen-bond acceptors (Lipinski definition) is 3. The van der Waals surface area contributed by atoms with Gasteiger partial charge in [0.05, 0.1) is 9.95 Å². The Balaban J connectivity index is 2.35. The van der Waals surface area contributed by atoms with Crippen molar-refractivity contribution in [2.24, 2.45) is 0 Å². The fraction of sp³-hybridized carbons (Fsp3) is 0. The van der Waals surface area contributed by atoms with E-state index < -0.39 is 22.3 Å².